The number of hydrogen-bond donors (Lipinski definition) is 1. The van der Waals surface area contributed by atoms with Gasteiger partial charge in [0, 0.05) is 24.9 Å². The molecule has 130 valence electrons. The molecule has 0 saturated carbocycles. The van der Waals surface area contributed by atoms with Crippen LogP contribution in [0.3, 0.4) is 0 Å². The third kappa shape index (κ3) is 2.28. The van der Waals surface area contributed by atoms with Crippen LogP contribution in [0, 0.1) is 57.0 Å². The molecule has 7 heteroatoms. The number of nitrogens with zero attached hydrogens (tertiary/aromatic N) is 4. The van der Waals surface area contributed by atoms with Crippen LogP contribution >= 0.6 is 0 Å². The van der Waals surface area contributed by atoms with Crippen molar-refractivity contribution in [2.75, 3.05) is 20.1 Å². The normalized spacial score (nSPS) is 24.7. The number of allylic oxidation sites excluding steroid dienone is 2. The average Bonchev–Trinajstić information content (AvgIpc) is 2.64. The van der Waals surface area contributed by atoms with Gasteiger partial charge in [-0.1, -0.05) is 18.2 Å². The lowest BCUT2D eigenvalue weighted by atomic mass is 9.58. The molecule has 2 aliphatic rings. The lowest BCUT2D eigenvalue weighted by molar-refractivity contribution is 0.233. The van der Waals surface area contributed by atoms with Gasteiger partial charge in [-0.25, -0.2) is 8.78 Å². The van der Waals surface area contributed by atoms with Crippen LogP contribution in [-0.4, -0.2) is 25.0 Å². The Bertz CT molecular complexity index is 944. The number of fused-ring (bicyclic) bond motifs is 1. The summed E-state index contributed by atoms with van der Waals surface area (Å²) in [7, 11) is 1.83. The van der Waals surface area contributed by atoms with E-state index in [1.165, 1.54) is 12.1 Å². The molecular weight excluding hydrogens is 336 g/mol. The fourth-order valence-corrected chi connectivity index (χ4v) is 3.93. The molecule has 0 fully saturated rings. The maximum Gasteiger partial charge on any atom is 0.191 e. The molecule has 2 N–H and O–H groups in total. The van der Waals surface area contributed by atoms with E-state index in [-0.39, 0.29) is 16.8 Å². The van der Waals surface area contributed by atoms with Gasteiger partial charge in [-0.15, -0.1) is 0 Å². The van der Waals surface area contributed by atoms with E-state index in [1.54, 1.807) is 6.08 Å². The fraction of sp³-hybridized carbons (Fsp3) is 0.316. The van der Waals surface area contributed by atoms with Crippen molar-refractivity contribution >= 4 is 0 Å². The minimum atomic E-state index is -1.96. The maximum absolute atomic E-state index is 14.6. The minimum Gasteiger partial charge on any atom is -0.399 e. The second kappa shape index (κ2) is 6.26. The Balaban J connectivity index is 2.39. The third-order valence-corrected chi connectivity index (χ3v) is 5.16. The Morgan fingerprint density at radius 1 is 1.23 bits per heavy atom. The summed E-state index contributed by atoms with van der Waals surface area (Å²) in [5.74, 6) is -3.73. The smallest absolute Gasteiger partial charge is 0.191 e. The molecule has 0 spiro atoms. The Hall–Kier alpha value is -3.21. The van der Waals surface area contributed by atoms with Crippen LogP contribution in [0.5, 0.6) is 0 Å². The highest BCUT2D eigenvalue weighted by molar-refractivity contribution is 5.59. The van der Waals surface area contributed by atoms with Crippen LogP contribution in [0.1, 0.15) is 11.5 Å². The van der Waals surface area contributed by atoms with Crippen LogP contribution in [0.25, 0.3) is 0 Å². The second-order valence-electron chi connectivity index (χ2n) is 6.54. The standard InChI is InChI=1S/C19H15F2N5/c1-26-6-5-11-13(7-22)18(25)19(9-23,10-24)16(14(11)8-26)12-3-2-4-15(20)17(12)21/h2-5,14,16H,6,8,25H2,1H3/t14-,16-/m0/s1. The van der Waals surface area contributed by atoms with Crippen LogP contribution in [0.2, 0.25) is 0 Å². The number of likely N-dealkylation sites (N-methyl/N-ethyl adjacent to an activating group) is 1. The van der Waals surface area contributed by atoms with E-state index in [2.05, 4.69) is 0 Å². The number of hydrogen-bond acceptors (Lipinski definition) is 5. The molecule has 5 nitrogen and oxygen atoms in total. The van der Waals surface area contributed by atoms with Gasteiger partial charge in [0.1, 0.15) is 6.07 Å². The number of rotatable bonds is 1. The van der Waals surface area contributed by atoms with Gasteiger partial charge in [0.25, 0.3) is 0 Å². The molecule has 1 aliphatic carbocycles. The van der Waals surface area contributed by atoms with Crippen LogP contribution in [0.15, 0.2) is 41.1 Å². The van der Waals surface area contributed by atoms with Crippen molar-refractivity contribution in [2.24, 2.45) is 17.1 Å². The molecule has 0 bridgehead atoms. The van der Waals surface area contributed by atoms with Crippen molar-refractivity contribution in [3.8, 4) is 18.2 Å². The molecule has 1 aromatic carbocycles. The van der Waals surface area contributed by atoms with Crippen molar-refractivity contribution in [2.45, 2.75) is 5.92 Å². The van der Waals surface area contributed by atoms with E-state index in [4.69, 9.17) is 5.73 Å². The summed E-state index contributed by atoms with van der Waals surface area (Å²) in [6.45, 7) is 0.935. The van der Waals surface area contributed by atoms with Gasteiger partial charge in [-0.2, -0.15) is 15.8 Å². The number of halogens is 2. The van der Waals surface area contributed by atoms with Crippen molar-refractivity contribution in [1.82, 2.24) is 4.90 Å². The summed E-state index contributed by atoms with van der Waals surface area (Å²) in [5, 5.41) is 29.2. The second-order valence-corrected chi connectivity index (χ2v) is 6.54. The first-order valence-corrected chi connectivity index (χ1v) is 7.97. The fourth-order valence-electron chi connectivity index (χ4n) is 3.93. The van der Waals surface area contributed by atoms with Crippen molar-refractivity contribution in [3.63, 3.8) is 0 Å². The molecule has 0 unspecified atom stereocenters. The molecule has 0 amide bonds. The SMILES string of the molecule is CN1CC=C2C(C#N)=C(N)C(C#N)(C#N)[C@@H](c3cccc(F)c3F)[C@H]2C1. The Labute approximate surface area is 149 Å². The number of nitrogens with two attached hydrogens (primary N) is 1. The largest absolute Gasteiger partial charge is 0.399 e. The predicted molar refractivity (Wildman–Crippen MR) is 88.7 cm³/mol. The highest BCUT2D eigenvalue weighted by atomic mass is 19.2. The van der Waals surface area contributed by atoms with Crippen LogP contribution in [-0.2, 0) is 0 Å². The molecule has 1 aromatic rings. The summed E-state index contributed by atoms with van der Waals surface area (Å²) in [5.41, 5.74) is 4.51. The first kappa shape index (κ1) is 17.6. The highest BCUT2D eigenvalue weighted by Crippen LogP contribution is 2.54. The van der Waals surface area contributed by atoms with Crippen molar-refractivity contribution in [1.29, 1.82) is 15.8 Å². The Kier molecular flexibility index (Phi) is 4.24. The third-order valence-electron chi connectivity index (χ3n) is 5.16. The molecule has 3 rings (SSSR count). The van der Waals surface area contributed by atoms with Gasteiger partial charge in [0.15, 0.2) is 17.0 Å². The summed E-state index contributed by atoms with van der Waals surface area (Å²) in [6, 6.07) is 9.45. The molecule has 1 heterocycles. The van der Waals surface area contributed by atoms with Crippen molar-refractivity contribution in [3.05, 3.63) is 58.3 Å². The number of benzene rings is 1. The number of nitriles is 3. The first-order chi connectivity index (χ1) is 12.4. The molecule has 2 atom stereocenters. The van der Waals surface area contributed by atoms with Gasteiger partial charge in [0.05, 0.1) is 23.4 Å². The van der Waals surface area contributed by atoms with E-state index < -0.39 is 28.9 Å². The lowest BCUT2D eigenvalue weighted by Crippen LogP contribution is -2.47. The van der Waals surface area contributed by atoms with Crippen LogP contribution < -0.4 is 5.73 Å². The van der Waals surface area contributed by atoms with Gasteiger partial charge in [-0.05, 0) is 24.3 Å². The van der Waals surface area contributed by atoms with E-state index in [9.17, 15) is 24.6 Å². The van der Waals surface area contributed by atoms with E-state index in [0.717, 1.165) is 6.07 Å². The summed E-state index contributed by atoms with van der Waals surface area (Å²) < 4.78 is 28.5. The zero-order valence-electron chi connectivity index (χ0n) is 14.0. The van der Waals surface area contributed by atoms with Gasteiger partial charge in [-0.3, -0.25) is 0 Å². The molecule has 1 aliphatic heterocycles. The lowest BCUT2D eigenvalue weighted by Gasteiger charge is -2.45. The van der Waals surface area contributed by atoms with Crippen molar-refractivity contribution < 1.29 is 8.78 Å². The molecule has 0 saturated heterocycles. The zero-order valence-corrected chi connectivity index (χ0v) is 14.0. The van der Waals surface area contributed by atoms with Crippen LogP contribution in [0.4, 0.5) is 8.78 Å². The monoisotopic (exact) mass is 351 g/mol. The van der Waals surface area contributed by atoms with E-state index in [0.29, 0.717) is 18.7 Å². The Morgan fingerprint density at radius 3 is 2.54 bits per heavy atom. The Morgan fingerprint density at radius 2 is 1.92 bits per heavy atom. The van der Waals surface area contributed by atoms with Gasteiger partial charge < -0.3 is 10.6 Å². The minimum absolute atomic E-state index is 0.0826. The summed E-state index contributed by atoms with van der Waals surface area (Å²) in [6.07, 6.45) is 1.79. The summed E-state index contributed by atoms with van der Waals surface area (Å²) in [4.78, 5) is 1.92. The maximum atomic E-state index is 14.6. The average molecular weight is 351 g/mol. The molecule has 0 radical (unpaired) electrons. The summed E-state index contributed by atoms with van der Waals surface area (Å²) >= 11 is 0. The molecule has 0 aromatic heterocycles. The van der Waals surface area contributed by atoms with E-state index in [1.807, 2.05) is 30.2 Å². The highest BCUT2D eigenvalue weighted by Gasteiger charge is 2.55. The zero-order chi connectivity index (χ0) is 19.1. The van der Waals surface area contributed by atoms with Gasteiger partial charge in [0.2, 0.25) is 0 Å². The molecule has 26 heavy (non-hydrogen) atoms. The van der Waals surface area contributed by atoms with Gasteiger partial charge >= 0.3 is 0 Å². The molecular formula is C19H15F2N5. The predicted octanol–water partition coefficient (Wildman–Crippen LogP) is 2.32. The topological polar surface area (TPSA) is 101 Å². The quantitative estimate of drug-likeness (QED) is 0.837. The van der Waals surface area contributed by atoms with E-state index >= 15 is 0 Å². The first-order valence-electron chi connectivity index (χ1n) is 7.97.